The molecule has 176 valence electrons. The normalized spacial score (nSPS) is 10.1. The van der Waals surface area contributed by atoms with Crippen LogP contribution in [0.3, 0.4) is 0 Å². The maximum atomic E-state index is 12.3. The lowest BCUT2D eigenvalue weighted by Gasteiger charge is -2.14. The minimum Gasteiger partial charge on any atom is -0.491 e. The Morgan fingerprint density at radius 1 is 1.09 bits per heavy atom. The first-order valence-corrected chi connectivity index (χ1v) is 11.7. The number of carbonyl (C=O) groups is 2. The van der Waals surface area contributed by atoms with Crippen molar-refractivity contribution in [2.24, 2.45) is 0 Å². The molecule has 0 saturated carbocycles. The third-order valence-electron chi connectivity index (χ3n) is 4.47. The summed E-state index contributed by atoms with van der Waals surface area (Å²) in [4.78, 5) is 28.2. The van der Waals surface area contributed by atoms with E-state index >= 15 is 0 Å². The number of carbonyl (C=O) groups excluding carboxylic acids is 2. The lowest BCUT2D eigenvalue weighted by Crippen LogP contribution is -2.37. The first-order chi connectivity index (χ1) is 16.5. The highest BCUT2D eigenvalue weighted by Crippen LogP contribution is 2.28. The summed E-state index contributed by atoms with van der Waals surface area (Å²) in [7, 11) is 0. The number of thiophene rings is 1. The number of urea groups is 2. The molecule has 0 aliphatic carbocycles. The number of hydrogen-bond acceptors (Lipinski definition) is 6. The lowest BCUT2D eigenvalue weighted by molar-refractivity contribution is 0.239. The number of hydrogen-bond donors (Lipinski definition) is 4. The van der Waals surface area contributed by atoms with Crippen LogP contribution in [0.25, 0.3) is 0 Å². The van der Waals surface area contributed by atoms with Crippen LogP contribution in [0.2, 0.25) is 5.02 Å². The van der Waals surface area contributed by atoms with Crippen molar-refractivity contribution >= 4 is 46.5 Å². The van der Waals surface area contributed by atoms with Crippen LogP contribution in [0.5, 0.6) is 5.75 Å². The molecule has 9 nitrogen and oxygen atoms in total. The molecule has 0 fully saturated rings. The molecule has 0 spiro atoms. The molecule has 0 aliphatic heterocycles. The summed E-state index contributed by atoms with van der Waals surface area (Å²) in [6.45, 7) is 1.33. The highest BCUT2D eigenvalue weighted by Gasteiger charge is 2.10. The number of nitriles is 1. The zero-order valence-electron chi connectivity index (χ0n) is 18.1. The Hall–Kier alpha value is -3.81. The highest BCUT2D eigenvalue weighted by molar-refractivity contribution is 7.07. The van der Waals surface area contributed by atoms with Gasteiger partial charge in [0.2, 0.25) is 0 Å². The predicted molar refractivity (Wildman–Crippen MR) is 133 cm³/mol. The molecule has 0 radical (unpaired) electrons. The van der Waals surface area contributed by atoms with E-state index in [2.05, 4.69) is 31.6 Å². The van der Waals surface area contributed by atoms with Gasteiger partial charge in [0, 0.05) is 24.3 Å². The third-order valence-corrected chi connectivity index (χ3v) is 5.43. The van der Waals surface area contributed by atoms with Gasteiger partial charge in [0.05, 0.1) is 17.9 Å². The highest BCUT2D eigenvalue weighted by atomic mass is 35.5. The molecule has 4 amide bonds. The summed E-state index contributed by atoms with van der Waals surface area (Å²) in [5.41, 5.74) is 1.98. The molecular formula is C23H23ClN6O3S. The van der Waals surface area contributed by atoms with Crippen LogP contribution in [-0.4, -0.2) is 36.7 Å². The van der Waals surface area contributed by atoms with E-state index in [0.717, 1.165) is 6.42 Å². The van der Waals surface area contributed by atoms with Crippen molar-refractivity contribution in [2.45, 2.75) is 12.8 Å². The molecule has 0 saturated heterocycles. The van der Waals surface area contributed by atoms with E-state index < -0.39 is 6.03 Å². The second kappa shape index (κ2) is 13.0. The number of ether oxygens (including phenoxy) is 1. The van der Waals surface area contributed by atoms with Gasteiger partial charge in [-0.05, 0) is 65.6 Å². The van der Waals surface area contributed by atoms with E-state index in [0.29, 0.717) is 54.0 Å². The van der Waals surface area contributed by atoms with Crippen molar-refractivity contribution < 1.29 is 14.3 Å². The molecule has 0 bridgehead atoms. The topological polar surface area (TPSA) is 128 Å². The summed E-state index contributed by atoms with van der Waals surface area (Å²) in [5, 5.41) is 24.2. The average Bonchev–Trinajstić information content (AvgIpc) is 3.34. The largest absolute Gasteiger partial charge is 0.491 e. The SMILES string of the molecule is N#Cc1ccc(NC(=O)Nc2cc(Cl)ccc2OCCCNC(=O)NCCc2ccsc2)nc1. The second-order valence-corrected chi connectivity index (χ2v) is 8.25. The molecule has 2 aromatic heterocycles. The van der Waals surface area contributed by atoms with Gasteiger partial charge in [-0.2, -0.15) is 16.6 Å². The van der Waals surface area contributed by atoms with Crippen molar-refractivity contribution in [3.63, 3.8) is 0 Å². The third kappa shape index (κ3) is 8.27. The summed E-state index contributed by atoms with van der Waals surface area (Å²) >= 11 is 7.70. The second-order valence-electron chi connectivity index (χ2n) is 7.03. The standard InChI is InChI=1S/C23H23ClN6O3S/c24-18-3-4-20(19(12-18)29-23(32)30-21-5-2-17(13-25)14-28-21)33-10-1-8-26-22(31)27-9-6-16-7-11-34-15-16/h2-5,7,11-12,14-15H,1,6,8-10H2,(H2,26,27,31)(H2,28,29,30,32). The number of halogens is 1. The quantitative estimate of drug-likeness (QED) is 0.303. The molecular weight excluding hydrogens is 476 g/mol. The number of pyridine rings is 1. The van der Waals surface area contributed by atoms with Crippen molar-refractivity contribution in [1.29, 1.82) is 5.26 Å². The van der Waals surface area contributed by atoms with Crippen LogP contribution >= 0.6 is 22.9 Å². The summed E-state index contributed by atoms with van der Waals surface area (Å²) in [6.07, 6.45) is 2.73. The number of nitrogens with one attached hydrogen (secondary N) is 4. The Kier molecular flexibility index (Phi) is 9.52. The van der Waals surface area contributed by atoms with Crippen molar-refractivity contribution in [3.8, 4) is 11.8 Å². The van der Waals surface area contributed by atoms with Crippen LogP contribution in [0, 0.1) is 11.3 Å². The van der Waals surface area contributed by atoms with Gasteiger partial charge in [-0.3, -0.25) is 5.32 Å². The van der Waals surface area contributed by atoms with Gasteiger partial charge in [0.1, 0.15) is 17.6 Å². The fourth-order valence-electron chi connectivity index (χ4n) is 2.80. The Bertz CT molecular complexity index is 1130. The van der Waals surface area contributed by atoms with Gasteiger partial charge in [-0.1, -0.05) is 11.6 Å². The van der Waals surface area contributed by atoms with Crippen LogP contribution < -0.4 is 26.0 Å². The lowest BCUT2D eigenvalue weighted by atomic mass is 10.2. The Morgan fingerprint density at radius 2 is 1.94 bits per heavy atom. The van der Waals surface area contributed by atoms with Crippen molar-refractivity contribution in [3.05, 3.63) is 69.5 Å². The smallest absolute Gasteiger partial charge is 0.324 e. The molecule has 0 atom stereocenters. The average molecular weight is 499 g/mol. The first-order valence-electron chi connectivity index (χ1n) is 10.4. The number of anilines is 2. The van der Waals surface area contributed by atoms with E-state index in [4.69, 9.17) is 21.6 Å². The van der Waals surface area contributed by atoms with Crippen LogP contribution in [0.4, 0.5) is 21.1 Å². The van der Waals surface area contributed by atoms with E-state index in [1.54, 1.807) is 35.6 Å². The van der Waals surface area contributed by atoms with Crippen LogP contribution in [-0.2, 0) is 6.42 Å². The van der Waals surface area contributed by atoms with Gasteiger partial charge >= 0.3 is 12.1 Å². The van der Waals surface area contributed by atoms with Gasteiger partial charge in [0.15, 0.2) is 0 Å². The molecule has 0 aliphatic rings. The number of amides is 4. The van der Waals surface area contributed by atoms with E-state index in [1.165, 1.54) is 17.8 Å². The minimum absolute atomic E-state index is 0.225. The molecule has 34 heavy (non-hydrogen) atoms. The minimum atomic E-state index is -0.537. The van der Waals surface area contributed by atoms with Gasteiger partial charge in [-0.15, -0.1) is 0 Å². The maximum Gasteiger partial charge on any atom is 0.324 e. The van der Waals surface area contributed by atoms with Gasteiger partial charge < -0.3 is 20.7 Å². The van der Waals surface area contributed by atoms with Crippen LogP contribution in [0.1, 0.15) is 17.5 Å². The Morgan fingerprint density at radius 3 is 2.68 bits per heavy atom. The van der Waals surface area contributed by atoms with Crippen molar-refractivity contribution in [1.82, 2.24) is 15.6 Å². The molecule has 1 aromatic carbocycles. The van der Waals surface area contributed by atoms with E-state index in [1.807, 2.05) is 17.5 Å². The maximum absolute atomic E-state index is 12.3. The number of rotatable bonds is 10. The van der Waals surface area contributed by atoms with Gasteiger partial charge in [0.25, 0.3) is 0 Å². The number of aromatic nitrogens is 1. The molecule has 11 heteroatoms. The molecule has 0 unspecified atom stereocenters. The van der Waals surface area contributed by atoms with Crippen molar-refractivity contribution in [2.75, 3.05) is 30.3 Å². The monoisotopic (exact) mass is 498 g/mol. The predicted octanol–water partition coefficient (Wildman–Crippen LogP) is 4.62. The first kappa shape index (κ1) is 24.8. The van der Waals surface area contributed by atoms with E-state index in [9.17, 15) is 9.59 Å². The van der Waals surface area contributed by atoms with E-state index in [-0.39, 0.29) is 6.03 Å². The Balaban J connectivity index is 1.40. The molecule has 3 rings (SSSR count). The molecule has 2 heterocycles. The number of benzene rings is 1. The fraction of sp³-hybridized carbons (Fsp3) is 0.217. The van der Waals surface area contributed by atoms with Gasteiger partial charge in [-0.25, -0.2) is 14.6 Å². The molecule has 4 N–H and O–H groups in total. The summed E-state index contributed by atoms with van der Waals surface area (Å²) in [5.74, 6) is 0.730. The summed E-state index contributed by atoms with van der Waals surface area (Å²) < 4.78 is 5.76. The molecule has 3 aromatic rings. The zero-order valence-corrected chi connectivity index (χ0v) is 19.7. The number of nitrogens with zero attached hydrogens (tertiary/aromatic N) is 2. The summed E-state index contributed by atoms with van der Waals surface area (Å²) in [6, 6.07) is 11.2. The fourth-order valence-corrected chi connectivity index (χ4v) is 3.68. The Labute approximate surface area is 206 Å². The zero-order chi connectivity index (χ0) is 24.2. The van der Waals surface area contributed by atoms with Crippen LogP contribution in [0.15, 0.2) is 53.4 Å².